The van der Waals surface area contributed by atoms with Crippen LogP contribution in [0.4, 0.5) is 10.1 Å². The van der Waals surface area contributed by atoms with Crippen molar-refractivity contribution in [1.82, 2.24) is 5.32 Å². The number of hydrogen-bond acceptors (Lipinski definition) is 4. The van der Waals surface area contributed by atoms with E-state index in [1.165, 1.54) is 12.1 Å². The van der Waals surface area contributed by atoms with Crippen LogP contribution in [0.25, 0.3) is 0 Å². The van der Waals surface area contributed by atoms with E-state index in [0.29, 0.717) is 13.0 Å². The van der Waals surface area contributed by atoms with Gasteiger partial charge in [0.15, 0.2) is 0 Å². The van der Waals surface area contributed by atoms with Crippen LogP contribution >= 0.6 is 0 Å². The van der Waals surface area contributed by atoms with Gasteiger partial charge in [-0.25, -0.2) is 9.18 Å². The zero-order valence-corrected chi connectivity index (χ0v) is 10.9. The van der Waals surface area contributed by atoms with Gasteiger partial charge >= 0.3 is 5.97 Å². The van der Waals surface area contributed by atoms with Crippen molar-refractivity contribution < 1.29 is 23.8 Å². The lowest BCUT2D eigenvalue weighted by molar-refractivity contribution is -0.118. The molecule has 0 aliphatic carbocycles. The van der Waals surface area contributed by atoms with Crippen LogP contribution < -0.4 is 10.6 Å². The average Bonchev–Trinajstić information content (AvgIpc) is 2.89. The van der Waals surface area contributed by atoms with Crippen molar-refractivity contribution in [2.45, 2.75) is 18.6 Å². The maximum Gasteiger partial charge on any atom is 0.335 e. The summed E-state index contributed by atoms with van der Waals surface area (Å²) in [6.45, 7) is 0.565. The third kappa shape index (κ3) is 3.12. The van der Waals surface area contributed by atoms with E-state index in [-0.39, 0.29) is 23.3 Å². The maximum absolute atomic E-state index is 13.7. The van der Waals surface area contributed by atoms with Crippen molar-refractivity contribution in [3.05, 3.63) is 29.6 Å². The van der Waals surface area contributed by atoms with Crippen molar-refractivity contribution in [2.24, 2.45) is 0 Å². The highest BCUT2D eigenvalue weighted by molar-refractivity contribution is 5.96. The van der Waals surface area contributed by atoms with E-state index in [1.54, 1.807) is 7.11 Å². The molecule has 6 nitrogen and oxygen atoms in total. The molecule has 2 unspecified atom stereocenters. The lowest BCUT2D eigenvalue weighted by Crippen LogP contribution is -2.35. The van der Waals surface area contributed by atoms with Crippen LogP contribution in [0.5, 0.6) is 0 Å². The Kier molecular flexibility index (Phi) is 4.31. The number of benzene rings is 1. The zero-order chi connectivity index (χ0) is 14.7. The number of carboxylic acid groups (broad SMARTS) is 1. The van der Waals surface area contributed by atoms with Gasteiger partial charge in [-0.05, 0) is 24.6 Å². The molecule has 0 saturated carbocycles. The van der Waals surface area contributed by atoms with Gasteiger partial charge in [-0.15, -0.1) is 0 Å². The van der Waals surface area contributed by atoms with Crippen LogP contribution in [0.15, 0.2) is 18.2 Å². The number of carbonyl (C=O) groups excluding carboxylic acids is 1. The summed E-state index contributed by atoms with van der Waals surface area (Å²) in [5.41, 5.74) is -0.207. The largest absolute Gasteiger partial charge is 0.478 e. The summed E-state index contributed by atoms with van der Waals surface area (Å²) in [5.74, 6) is -2.37. The quantitative estimate of drug-likeness (QED) is 0.761. The Balaban J connectivity index is 2.03. The van der Waals surface area contributed by atoms with Gasteiger partial charge in [-0.2, -0.15) is 0 Å². The van der Waals surface area contributed by atoms with Gasteiger partial charge in [0.2, 0.25) is 5.91 Å². The molecule has 108 valence electrons. The number of carboxylic acids is 1. The van der Waals surface area contributed by atoms with Crippen LogP contribution in [0, 0.1) is 5.82 Å². The fourth-order valence-corrected chi connectivity index (χ4v) is 2.05. The minimum atomic E-state index is -1.22. The normalized spacial score (nSPS) is 21.7. The number of halogens is 1. The predicted molar refractivity (Wildman–Crippen MR) is 69.2 cm³/mol. The molecule has 1 aliphatic heterocycles. The molecule has 7 heteroatoms. The molecule has 1 amide bonds. The molecule has 1 aliphatic rings. The first-order valence-electron chi connectivity index (χ1n) is 6.11. The van der Waals surface area contributed by atoms with Crippen LogP contribution in [0.1, 0.15) is 16.8 Å². The minimum absolute atomic E-state index is 0.0371. The molecule has 2 atom stereocenters. The van der Waals surface area contributed by atoms with E-state index < -0.39 is 17.8 Å². The first-order chi connectivity index (χ1) is 9.51. The summed E-state index contributed by atoms with van der Waals surface area (Å²) in [6, 6.07) is 2.90. The highest BCUT2D eigenvalue weighted by atomic mass is 19.1. The van der Waals surface area contributed by atoms with Gasteiger partial charge in [0.25, 0.3) is 0 Å². The smallest absolute Gasteiger partial charge is 0.335 e. The first-order valence-corrected chi connectivity index (χ1v) is 6.11. The van der Waals surface area contributed by atoms with E-state index in [1.807, 2.05) is 0 Å². The standard InChI is InChI=1S/C13H15FN2O4/c1-20-8-5-11(15-6-8)12(17)16-10-3-2-7(13(18)19)4-9(10)14/h2-4,8,11,15H,5-6H2,1H3,(H,16,17)(H,18,19). The molecule has 3 N–H and O–H groups in total. The van der Waals surface area contributed by atoms with E-state index in [9.17, 15) is 14.0 Å². The Morgan fingerprint density at radius 1 is 1.50 bits per heavy atom. The summed E-state index contributed by atoms with van der Waals surface area (Å²) in [5, 5.41) is 14.1. The van der Waals surface area contributed by atoms with Gasteiger partial charge < -0.3 is 20.5 Å². The second kappa shape index (κ2) is 5.98. The number of nitrogens with one attached hydrogen (secondary N) is 2. The van der Waals surface area contributed by atoms with Gasteiger partial charge in [0.1, 0.15) is 5.82 Å². The summed E-state index contributed by atoms with van der Waals surface area (Å²) in [4.78, 5) is 22.6. The number of amides is 1. The number of rotatable bonds is 4. The second-order valence-corrected chi connectivity index (χ2v) is 4.54. The van der Waals surface area contributed by atoms with Crippen molar-refractivity contribution in [3.63, 3.8) is 0 Å². The lowest BCUT2D eigenvalue weighted by atomic mass is 10.1. The third-order valence-corrected chi connectivity index (χ3v) is 3.21. The van der Waals surface area contributed by atoms with Crippen LogP contribution in [-0.2, 0) is 9.53 Å². The van der Waals surface area contributed by atoms with E-state index in [4.69, 9.17) is 9.84 Å². The summed E-state index contributed by atoms with van der Waals surface area (Å²) >= 11 is 0. The Bertz CT molecular complexity index is 535. The highest BCUT2D eigenvalue weighted by Gasteiger charge is 2.29. The molecule has 1 fully saturated rings. The molecule has 0 bridgehead atoms. The van der Waals surface area contributed by atoms with Gasteiger partial charge in [-0.1, -0.05) is 0 Å². The van der Waals surface area contributed by atoms with Crippen molar-refractivity contribution in [2.75, 3.05) is 19.0 Å². The Hall–Kier alpha value is -1.99. The van der Waals surface area contributed by atoms with E-state index >= 15 is 0 Å². The topological polar surface area (TPSA) is 87.7 Å². The predicted octanol–water partition coefficient (Wildman–Crippen LogP) is 0.839. The van der Waals surface area contributed by atoms with Crippen molar-refractivity contribution in [1.29, 1.82) is 0 Å². The van der Waals surface area contributed by atoms with Gasteiger partial charge in [0.05, 0.1) is 23.4 Å². The van der Waals surface area contributed by atoms with E-state index in [2.05, 4.69) is 10.6 Å². The SMILES string of the molecule is COC1CNC(C(=O)Nc2ccc(C(=O)O)cc2F)C1. The maximum atomic E-state index is 13.7. The molecule has 1 aromatic carbocycles. The molecule has 1 aromatic rings. The van der Waals surface area contributed by atoms with Crippen LogP contribution in [-0.4, -0.2) is 42.8 Å². The fourth-order valence-electron chi connectivity index (χ4n) is 2.05. The van der Waals surface area contributed by atoms with E-state index in [0.717, 1.165) is 6.07 Å². The Morgan fingerprint density at radius 3 is 2.80 bits per heavy atom. The molecule has 1 saturated heterocycles. The third-order valence-electron chi connectivity index (χ3n) is 3.21. The first kappa shape index (κ1) is 14.4. The number of carbonyl (C=O) groups is 2. The molecular weight excluding hydrogens is 267 g/mol. The summed E-state index contributed by atoms with van der Waals surface area (Å²) in [6.07, 6.45) is 0.474. The Labute approximate surface area is 114 Å². The second-order valence-electron chi connectivity index (χ2n) is 4.54. The number of anilines is 1. The zero-order valence-electron chi connectivity index (χ0n) is 10.9. The number of ether oxygens (including phenoxy) is 1. The van der Waals surface area contributed by atoms with Gasteiger partial charge in [0, 0.05) is 13.7 Å². The van der Waals surface area contributed by atoms with Crippen LogP contribution in [0.3, 0.4) is 0 Å². The van der Waals surface area contributed by atoms with Crippen molar-refractivity contribution in [3.8, 4) is 0 Å². The van der Waals surface area contributed by atoms with Crippen molar-refractivity contribution >= 4 is 17.6 Å². The fraction of sp³-hybridized carbons (Fsp3) is 0.385. The number of methoxy groups -OCH3 is 1. The Morgan fingerprint density at radius 2 is 2.25 bits per heavy atom. The molecule has 0 aromatic heterocycles. The van der Waals surface area contributed by atoms with Crippen LogP contribution in [0.2, 0.25) is 0 Å². The lowest BCUT2D eigenvalue weighted by Gasteiger charge is -2.12. The molecule has 0 radical (unpaired) electrons. The number of aromatic carboxylic acids is 1. The molecular formula is C13H15FN2O4. The minimum Gasteiger partial charge on any atom is -0.478 e. The monoisotopic (exact) mass is 282 g/mol. The van der Waals surface area contributed by atoms with Gasteiger partial charge in [-0.3, -0.25) is 4.79 Å². The highest BCUT2D eigenvalue weighted by Crippen LogP contribution is 2.18. The molecule has 20 heavy (non-hydrogen) atoms. The molecule has 0 spiro atoms. The average molecular weight is 282 g/mol. The molecule has 1 heterocycles. The summed E-state index contributed by atoms with van der Waals surface area (Å²) in [7, 11) is 1.57. The molecule has 2 rings (SSSR count). The number of hydrogen-bond donors (Lipinski definition) is 3. The summed E-state index contributed by atoms with van der Waals surface area (Å²) < 4.78 is 18.8.